The van der Waals surface area contributed by atoms with Crippen molar-refractivity contribution in [2.75, 3.05) is 32.8 Å². The molecule has 5 heteroatoms. The fourth-order valence-electron chi connectivity index (χ4n) is 4.52. The highest BCUT2D eigenvalue weighted by Gasteiger charge is 2.34. The van der Waals surface area contributed by atoms with Crippen molar-refractivity contribution >= 4 is 0 Å². The van der Waals surface area contributed by atoms with Crippen molar-refractivity contribution in [2.45, 2.75) is 64.8 Å². The second kappa shape index (κ2) is 11.7. The molecule has 2 aromatic rings. The predicted octanol–water partition coefficient (Wildman–Crippen LogP) is 4.59. The van der Waals surface area contributed by atoms with Crippen LogP contribution in [0.3, 0.4) is 0 Å². The first-order valence-electron chi connectivity index (χ1n) is 11.9. The average Bonchev–Trinajstić information content (AvgIpc) is 2.77. The molecule has 0 bridgehead atoms. The summed E-state index contributed by atoms with van der Waals surface area (Å²) in [4.78, 5) is 4.75. The third kappa shape index (κ3) is 7.51. The summed E-state index contributed by atoms with van der Waals surface area (Å²) in [5, 5.41) is 11.1. The molecular weight excluding hydrogens is 400 g/mol. The number of rotatable bonds is 11. The van der Waals surface area contributed by atoms with Crippen molar-refractivity contribution in [3.8, 4) is 11.5 Å². The lowest BCUT2D eigenvalue weighted by Gasteiger charge is -2.39. The summed E-state index contributed by atoms with van der Waals surface area (Å²) in [5.41, 5.74) is 0.423. The lowest BCUT2D eigenvalue weighted by atomic mass is 9.93. The van der Waals surface area contributed by atoms with Gasteiger partial charge in [0.05, 0.1) is 0 Å². The summed E-state index contributed by atoms with van der Waals surface area (Å²) < 4.78 is 11.8. The molecule has 0 radical (unpaired) electrons. The Balaban J connectivity index is 1.46. The van der Waals surface area contributed by atoms with Gasteiger partial charge in [-0.3, -0.25) is 9.80 Å². The van der Waals surface area contributed by atoms with E-state index in [-0.39, 0.29) is 0 Å². The van der Waals surface area contributed by atoms with Crippen LogP contribution in [0.4, 0.5) is 0 Å². The largest absolute Gasteiger partial charge is 0.492 e. The van der Waals surface area contributed by atoms with Gasteiger partial charge in [-0.15, -0.1) is 0 Å². The maximum absolute atomic E-state index is 11.1. The maximum atomic E-state index is 11.1. The summed E-state index contributed by atoms with van der Waals surface area (Å²) in [6.45, 7) is 13.3. The molecule has 0 amide bonds. The molecular formula is C27H40N2O3. The molecule has 1 N–H and O–H groups in total. The van der Waals surface area contributed by atoms with Crippen LogP contribution in [0, 0.1) is 0 Å². The van der Waals surface area contributed by atoms with Gasteiger partial charge in [0.15, 0.2) is 0 Å². The van der Waals surface area contributed by atoms with E-state index in [4.69, 9.17) is 9.47 Å². The molecule has 1 heterocycles. The first-order chi connectivity index (χ1) is 15.3. The number of aliphatic hydroxyl groups is 1. The smallest absolute Gasteiger partial charge is 0.119 e. The van der Waals surface area contributed by atoms with Gasteiger partial charge >= 0.3 is 0 Å². The Hall–Kier alpha value is -2.08. The number of ether oxygens (including phenoxy) is 2. The molecule has 32 heavy (non-hydrogen) atoms. The molecule has 1 atom stereocenters. The first kappa shape index (κ1) is 24.6. The number of likely N-dealkylation sites (tertiary alicyclic amines) is 1. The summed E-state index contributed by atoms with van der Waals surface area (Å²) in [6, 6.07) is 19.1. The third-order valence-electron chi connectivity index (χ3n) is 6.16. The summed E-state index contributed by atoms with van der Waals surface area (Å²) >= 11 is 0. The van der Waals surface area contributed by atoms with Crippen LogP contribution < -0.4 is 9.47 Å². The average molecular weight is 441 g/mol. The minimum atomic E-state index is -0.810. The van der Waals surface area contributed by atoms with Crippen LogP contribution in [0.2, 0.25) is 0 Å². The monoisotopic (exact) mass is 440 g/mol. The highest BCUT2D eigenvalue weighted by Crippen LogP contribution is 2.24. The van der Waals surface area contributed by atoms with Crippen molar-refractivity contribution in [1.82, 2.24) is 9.80 Å². The van der Waals surface area contributed by atoms with Gasteiger partial charge in [0.1, 0.15) is 30.3 Å². The van der Waals surface area contributed by atoms with Gasteiger partial charge in [0, 0.05) is 31.7 Å². The normalized spacial score (nSPS) is 19.6. The zero-order valence-corrected chi connectivity index (χ0v) is 20.2. The summed E-state index contributed by atoms with van der Waals surface area (Å²) in [6.07, 6.45) is 1.74. The van der Waals surface area contributed by atoms with Crippen LogP contribution in [-0.4, -0.2) is 65.4 Å². The van der Waals surface area contributed by atoms with E-state index in [2.05, 4.69) is 61.8 Å². The van der Waals surface area contributed by atoms with Crippen molar-refractivity contribution in [3.63, 3.8) is 0 Å². The fraction of sp³-hybridized carbons (Fsp3) is 0.556. The molecule has 1 aliphatic rings. The Kier molecular flexibility index (Phi) is 8.97. The minimum absolute atomic E-state index is 0.323. The van der Waals surface area contributed by atoms with Gasteiger partial charge < -0.3 is 14.6 Å². The second-order valence-corrected chi connectivity index (χ2v) is 9.56. The van der Waals surface area contributed by atoms with E-state index >= 15 is 0 Å². The van der Waals surface area contributed by atoms with Crippen molar-refractivity contribution in [3.05, 3.63) is 60.2 Å². The number of para-hydroxylation sites is 1. The van der Waals surface area contributed by atoms with Gasteiger partial charge in [-0.05, 0) is 76.9 Å². The van der Waals surface area contributed by atoms with E-state index in [1.54, 1.807) is 0 Å². The summed E-state index contributed by atoms with van der Waals surface area (Å²) in [7, 11) is 0. The number of piperidine rings is 1. The molecule has 0 aromatic heterocycles. The topological polar surface area (TPSA) is 45.2 Å². The van der Waals surface area contributed by atoms with Crippen LogP contribution in [-0.2, 0) is 6.54 Å². The number of nitrogens with zero attached hydrogens (tertiary/aromatic N) is 2. The Morgan fingerprint density at radius 3 is 2.25 bits per heavy atom. The molecule has 0 unspecified atom stereocenters. The first-order valence-corrected chi connectivity index (χ1v) is 11.9. The van der Waals surface area contributed by atoms with E-state index in [1.807, 2.05) is 30.3 Å². The zero-order valence-electron chi connectivity index (χ0n) is 20.2. The Morgan fingerprint density at radius 1 is 0.938 bits per heavy atom. The number of benzene rings is 2. The lowest BCUT2D eigenvalue weighted by molar-refractivity contribution is -0.0621. The molecule has 0 saturated carbocycles. The molecule has 176 valence electrons. The molecule has 1 aliphatic heterocycles. The van der Waals surface area contributed by atoms with Gasteiger partial charge in [0.2, 0.25) is 0 Å². The van der Waals surface area contributed by atoms with E-state index < -0.39 is 5.60 Å². The van der Waals surface area contributed by atoms with Crippen LogP contribution in [0.5, 0.6) is 11.5 Å². The maximum Gasteiger partial charge on any atom is 0.119 e. The van der Waals surface area contributed by atoms with Crippen molar-refractivity contribution in [1.29, 1.82) is 0 Å². The second-order valence-electron chi connectivity index (χ2n) is 9.56. The number of β-amino-alcohol motifs (C(OH)–C–C–N with tert-alkyl or cyclic N) is 1. The van der Waals surface area contributed by atoms with Gasteiger partial charge in [-0.2, -0.15) is 0 Å². The van der Waals surface area contributed by atoms with Crippen LogP contribution >= 0.6 is 0 Å². The highest BCUT2D eigenvalue weighted by molar-refractivity contribution is 5.27. The molecule has 2 aromatic carbocycles. The molecule has 1 saturated heterocycles. The zero-order chi connectivity index (χ0) is 23.0. The van der Waals surface area contributed by atoms with E-state index in [9.17, 15) is 5.11 Å². The van der Waals surface area contributed by atoms with Crippen LogP contribution in [0.1, 0.15) is 46.1 Å². The fourth-order valence-corrected chi connectivity index (χ4v) is 4.52. The van der Waals surface area contributed by atoms with Gasteiger partial charge in [-0.1, -0.05) is 30.3 Å². The third-order valence-corrected chi connectivity index (χ3v) is 6.16. The lowest BCUT2D eigenvalue weighted by Crippen LogP contribution is -2.51. The Labute approximate surface area is 193 Å². The van der Waals surface area contributed by atoms with E-state index in [0.29, 0.717) is 31.8 Å². The number of hydrogen-bond donors (Lipinski definition) is 1. The standard InChI is InChI=1S/C27H40N2O3/c1-22(2)29(23(3)4)17-18-31-26-13-11-24(12-14-26)19-28-16-8-15-27(30,20-28)21-32-25-9-6-5-7-10-25/h5-7,9-14,22-23,30H,8,15-21H2,1-4H3/t27-/m0/s1. The molecule has 0 spiro atoms. The Bertz CT molecular complexity index is 786. The van der Waals surface area contributed by atoms with Crippen molar-refractivity contribution < 1.29 is 14.6 Å². The summed E-state index contributed by atoms with van der Waals surface area (Å²) in [5.74, 6) is 1.71. The van der Waals surface area contributed by atoms with E-state index in [0.717, 1.165) is 44.0 Å². The highest BCUT2D eigenvalue weighted by atomic mass is 16.5. The quantitative estimate of drug-likeness (QED) is 0.554. The predicted molar refractivity (Wildman–Crippen MR) is 130 cm³/mol. The van der Waals surface area contributed by atoms with Gasteiger partial charge in [-0.25, -0.2) is 0 Å². The van der Waals surface area contributed by atoms with E-state index in [1.165, 1.54) is 5.56 Å². The van der Waals surface area contributed by atoms with Crippen molar-refractivity contribution in [2.24, 2.45) is 0 Å². The molecule has 5 nitrogen and oxygen atoms in total. The number of hydrogen-bond acceptors (Lipinski definition) is 5. The van der Waals surface area contributed by atoms with Crippen LogP contribution in [0.25, 0.3) is 0 Å². The SMILES string of the molecule is CC(C)N(CCOc1ccc(CN2CCC[C@@](O)(COc3ccccc3)C2)cc1)C(C)C. The molecule has 0 aliphatic carbocycles. The minimum Gasteiger partial charge on any atom is -0.492 e. The molecule has 1 fully saturated rings. The van der Waals surface area contributed by atoms with Crippen LogP contribution in [0.15, 0.2) is 54.6 Å². The molecule has 3 rings (SSSR count). The Morgan fingerprint density at radius 2 is 1.59 bits per heavy atom. The van der Waals surface area contributed by atoms with Gasteiger partial charge in [0.25, 0.3) is 0 Å².